The highest BCUT2D eigenvalue weighted by molar-refractivity contribution is 5.79. The number of piperazine rings is 1. The van der Waals surface area contributed by atoms with Crippen LogP contribution in [0, 0.1) is 0 Å². The number of benzene rings is 1. The number of nitrogens with one attached hydrogen (secondary N) is 1. The van der Waals surface area contributed by atoms with Crippen molar-refractivity contribution >= 4 is 12.0 Å². The number of aromatic amines is 1. The summed E-state index contributed by atoms with van der Waals surface area (Å²) in [5.41, 5.74) is 1.08. The van der Waals surface area contributed by atoms with Crippen LogP contribution < -0.4 is 14.6 Å². The summed E-state index contributed by atoms with van der Waals surface area (Å²) in [6.45, 7) is 3.80. The number of aromatic nitrogens is 1. The number of pyridine rings is 1. The van der Waals surface area contributed by atoms with E-state index >= 15 is 0 Å². The quantitative estimate of drug-likeness (QED) is 0.806. The maximum absolute atomic E-state index is 5.15. The normalized spacial score (nSPS) is 15.3. The standard InChI is InChI=1S/C17H20N4O/c1-22-16-7-5-15(6-8-16)14-19-21-12-10-20(11-13-21)17-4-2-3-9-18-17/h2-9,14H,10-13H2,1H3/p+1/b19-14-. The molecule has 1 aromatic carbocycles. The highest BCUT2D eigenvalue weighted by Crippen LogP contribution is 2.12. The molecule has 0 atom stereocenters. The van der Waals surface area contributed by atoms with E-state index in [1.165, 1.54) is 5.82 Å². The van der Waals surface area contributed by atoms with Crippen molar-refractivity contribution in [2.24, 2.45) is 5.10 Å². The Labute approximate surface area is 130 Å². The van der Waals surface area contributed by atoms with Crippen LogP contribution in [0.2, 0.25) is 0 Å². The molecule has 1 N–H and O–H groups in total. The molecule has 0 unspecified atom stereocenters. The van der Waals surface area contributed by atoms with Gasteiger partial charge in [-0.25, -0.2) is 4.98 Å². The van der Waals surface area contributed by atoms with Gasteiger partial charge >= 0.3 is 0 Å². The Bertz CT molecular complexity index is 604. The van der Waals surface area contributed by atoms with Crippen molar-refractivity contribution in [3.05, 3.63) is 54.2 Å². The maximum atomic E-state index is 5.15. The van der Waals surface area contributed by atoms with Crippen LogP contribution in [0.5, 0.6) is 5.75 Å². The molecule has 1 aliphatic heterocycles. The minimum absolute atomic E-state index is 0.866. The molecule has 2 aromatic rings. The molecule has 22 heavy (non-hydrogen) atoms. The minimum Gasteiger partial charge on any atom is -0.497 e. The summed E-state index contributed by atoms with van der Waals surface area (Å²) in [5, 5.41) is 6.68. The van der Waals surface area contributed by atoms with Crippen molar-refractivity contribution in [1.82, 2.24) is 5.01 Å². The van der Waals surface area contributed by atoms with Crippen LogP contribution in [0.25, 0.3) is 0 Å². The number of rotatable bonds is 4. The summed E-state index contributed by atoms with van der Waals surface area (Å²) in [6.07, 6.45) is 3.87. The van der Waals surface area contributed by atoms with Crippen LogP contribution in [0.15, 0.2) is 53.8 Å². The Balaban J connectivity index is 1.54. The van der Waals surface area contributed by atoms with Gasteiger partial charge in [0, 0.05) is 6.07 Å². The van der Waals surface area contributed by atoms with Gasteiger partial charge in [0.2, 0.25) is 0 Å². The number of nitrogens with zero attached hydrogens (tertiary/aromatic N) is 3. The van der Waals surface area contributed by atoms with E-state index in [1.807, 2.05) is 42.7 Å². The topological polar surface area (TPSA) is 42.2 Å². The average molecular weight is 297 g/mol. The maximum Gasteiger partial charge on any atom is 0.274 e. The van der Waals surface area contributed by atoms with Crippen LogP contribution in [0.3, 0.4) is 0 Å². The lowest BCUT2D eigenvalue weighted by atomic mass is 10.2. The lowest BCUT2D eigenvalue weighted by Crippen LogP contribution is -2.45. The van der Waals surface area contributed by atoms with Crippen molar-refractivity contribution in [2.75, 3.05) is 38.2 Å². The molecule has 5 nitrogen and oxygen atoms in total. The van der Waals surface area contributed by atoms with Crippen LogP contribution in [-0.2, 0) is 0 Å². The summed E-state index contributed by atoms with van der Waals surface area (Å²) in [7, 11) is 1.67. The van der Waals surface area contributed by atoms with Crippen LogP contribution in [-0.4, -0.2) is 44.5 Å². The van der Waals surface area contributed by atoms with Crippen LogP contribution in [0.4, 0.5) is 5.82 Å². The summed E-state index contributed by atoms with van der Waals surface area (Å²) >= 11 is 0. The predicted octanol–water partition coefficient (Wildman–Crippen LogP) is 1.67. The van der Waals surface area contributed by atoms with Gasteiger partial charge in [0.25, 0.3) is 5.82 Å². The molecule has 1 aromatic heterocycles. The predicted molar refractivity (Wildman–Crippen MR) is 87.4 cm³/mol. The first-order chi connectivity index (χ1) is 10.8. The van der Waals surface area contributed by atoms with Crippen molar-refractivity contribution < 1.29 is 9.72 Å². The smallest absolute Gasteiger partial charge is 0.274 e. The average Bonchev–Trinajstić information content (AvgIpc) is 2.61. The zero-order valence-electron chi connectivity index (χ0n) is 12.8. The first-order valence-electron chi connectivity index (χ1n) is 7.50. The van der Waals surface area contributed by atoms with Gasteiger partial charge in [0.1, 0.15) is 18.8 Å². The number of ether oxygens (including phenoxy) is 1. The summed E-state index contributed by atoms with van der Waals surface area (Å²) < 4.78 is 5.15. The molecule has 1 fully saturated rings. The van der Waals surface area contributed by atoms with Gasteiger partial charge in [-0.2, -0.15) is 5.10 Å². The third-order valence-corrected chi connectivity index (χ3v) is 3.78. The highest BCUT2D eigenvalue weighted by Gasteiger charge is 2.21. The van der Waals surface area contributed by atoms with Crippen molar-refractivity contribution in [1.29, 1.82) is 0 Å². The Kier molecular flexibility index (Phi) is 4.53. The molecule has 5 heteroatoms. The minimum atomic E-state index is 0.866. The second kappa shape index (κ2) is 6.93. The molecule has 0 aliphatic carbocycles. The fourth-order valence-electron chi connectivity index (χ4n) is 2.47. The zero-order valence-corrected chi connectivity index (χ0v) is 12.8. The van der Waals surface area contributed by atoms with E-state index in [0.717, 1.165) is 37.5 Å². The fourth-order valence-corrected chi connectivity index (χ4v) is 2.47. The molecular formula is C17H21N4O+. The SMILES string of the molecule is COc1ccc(/C=N\N2CCN(c3cccc[nH+]3)CC2)cc1. The van der Waals surface area contributed by atoms with E-state index < -0.39 is 0 Å². The Morgan fingerprint density at radius 3 is 2.45 bits per heavy atom. The summed E-state index contributed by atoms with van der Waals surface area (Å²) in [5.74, 6) is 2.03. The Morgan fingerprint density at radius 1 is 1.05 bits per heavy atom. The van der Waals surface area contributed by atoms with Crippen molar-refractivity contribution in [2.45, 2.75) is 0 Å². The molecule has 0 spiro atoms. The first-order valence-corrected chi connectivity index (χ1v) is 7.50. The van der Waals surface area contributed by atoms with E-state index in [2.05, 4.69) is 32.1 Å². The van der Waals surface area contributed by atoms with Crippen LogP contribution in [0.1, 0.15) is 5.56 Å². The number of H-pyrrole nitrogens is 1. The van der Waals surface area contributed by atoms with Crippen molar-refractivity contribution in [3.63, 3.8) is 0 Å². The third-order valence-electron chi connectivity index (χ3n) is 3.78. The highest BCUT2D eigenvalue weighted by atomic mass is 16.5. The zero-order chi connectivity index (χ0) is 15.2. The summed E-state index contributed by atoms with van der Waals surface area (Å²) in [4.78, 5) is 5.63. The molecule has 2 heterocycles. The number of hydrazone groups is 1. The largest absolute Gasteiger partial charge is 0.497 e. The van der Waals surface area contributed by atoms with E-state index in [9.17, 15) is 0 Å². The van der Waals surface area contributed by atoms with Gasteiger partial charge in [0.05, 0.1) is 32.6 Å². The van der Waals surface area contributed by atoms with Crippen molar-refractivity contribution in [3.8, 4) is 5.75 Å². The van der Waals surface area contributed by atoms with Gasteiger partial charge in [0.15, 0.2) is 0 Å². The van der Waals surface area contributed by atoms with E-state index in [0.29, 0.717) is 0 Å². The molecule has 0 saturated carbocycles. The number of hydrogen-bond acceptors (Lipinski definition) is 4. The number of methoxy groups -OCH3 is 1. The van der Waals surface area contributed by atoms with E-state index in [-0.39, 0.29) is 0 Å². The lowest BCUT2D eigenvalue weighted by Gasteiger charge is -2.28. The molecule has 0 radical (unpaired) electrons. The van der Waals surface area contributed by atoms with Gasteiger partial charge in [-0.1, -0.05) is 6.07 Å². The Hall–Kier alpha value is -2.56. The van der Waals surface area contributed by atoms with Gasteiger partial charge in [-0.05, 0) is 35.9 Å². The monoisotopic (exact) mass is 297 g/mol. The second-order valence-electron chi connectivity index (χ2n) is 5.21. The van der Waals surface area contributed by atoms with Gasteiger partial charge < -0.3 is 4.74 Å². The van der Waals surface area contributed by atoms with Gasteiger partial charge in [-0.15, -0.1) is 0 Å². The van der Waals surface area contributed by atoms with Crippen LogP contribution >= 0.6 is 0 Å². The third kappa shape index (κ3) is 3.55. The molecular weight excluding hydrogens is 276 g/mol. The van der Waals surface area contributed by atoms with E-state index in [4.69, 9.17) is 4.74 Å². The molecule has 0 amide bonds. The summed E-state index contributed by atoms with van der Waals surface area (Å²) in [6, 6.07) is 14.1. The van der Waals surface area contributed by atoms with Gasteiger partial charge in [-0.3, -0.25) is 9.91 Å². The second-order valence-corrected chi connectivity index (χ2v) is 5.21. The molecule has 1 aliphatic rings. The number of hydrogen-bond donors (Lipinski definition) is 0. The molecule has 0 bridgehead atoms. The molecule has 114 valence electrons. The first kappa shape index (κ1) is 14.4. The molecule has 1 saturated heterocycles. The lowest BCUT2D eigenvalue weighted by molar-refractivity contribution is -0.364. The fraction of sp³-hybridized carbons (Fsp3) is 0.294. The van der Waals surface area contributed by atoms with E-state index in [1.54, 1.807) is 7.11 Å². The number of anilines is 1. The molecule has 3 rings (SSSR count). The Morgan fingerprint density at radius 2 is 1.82 bits per heavy atom.